The molecule has 18 heavy (non-hydrogen) atoms. The van der Waals surface area contributed by atoms with Crippen molar-refractivity contribution in [3.05, 3.63) is 35.4 Å². The first kappa shape index (κ1) is 14.7. The third-order valence-corrected chi connectivity index (χ3v) is 3.29. The van der Waals surface area contributed by atoms with Crippen LogP contribution in [0.15, 0.2) is 24.3 Å². The van der Waals surface area contributed by atoms with Gasteiger partial charge in [-0.2, -0.15) is 0 Å². The number of hydrogen-bond donors (Lipinski definition) is 0. The van der Waals surface area contributed by atoms with Gasteiger partial charge in [0.1, 0.15) is 6.10 Å². The lowest BCUT2D eigenvalue weighted by Crippen LogP contribution is -2.26. The molecule has 0 radical (unpaired) electrons. The van der Waals surface area contributed by atoms with E-state index in [2.05, 4.69) is 45.0 Å². The zero-order chi connectivity index (χ0) is 13.7. The molecule has 0 aliphatic rings. The molecule has 0 saturated heterocycles. The first-order valence-corrected chi connectivity index (χ1v) is 6.71. The quantitative estimate of drug-likeness (QED) is 0.734. The molecule has 100 valence electrons. The molecule has 0 aromatic heterocycles. The summed E-state index contributed by atoms with van der Waals surface area (Å²) in [6, 6.07) is 8.49. The minimum absolute atomic E-state index is 0.0832. The summed E-state index contributed by atoms with van der Waals surface area (Å²) in [5, 5.41) is 0. The topological polar surface area (TPSA) is 26.3 Å². The Hall–Kier alpha value is -1.31. The summed E-state index contributed by atoms with van der Waals surface area (Å²) in [5.74, 6) is 0.564. The van der Waals surface area contributed by atoms with Gasteiger partial charge in [-0.05, 0) is 25.3 Å². The molecule has 1 aromatic rings. The number of aryl methyl sites for hydroxylation is 1. The van der Waals surface area contributed by atoms with Crippen LogP contribution in [-0.4, -0.2) is 12.1 Å². The van der Waals surface area contributed by atoms with E-state index in [1.165, 1.54) is 11.1 Å². The summed E-state index contributed by atoms with van der Waals surface area (Å²) >= 11 is 0. The van der Waals surface area contributed by atoms with Gasteiger partial charge in [0, 0.05) is 12.3 Å². The van der Waals surface area contributed by atoms with E-state index in [9.17, 15) is 4.79 Å². The van der Waals surface area contributed by atoms with Crippen molar-refractivity contribution in [2.75, 3.05) is 0 Å². The molecule has 2 heteroatoms. The highest BCUT2D eigenvalue weighted by Crippen LogP contribution is 2.30. The van der Waals surface area contributed by atoms with Crippen LogP contribution in [0.25, 0.3) is 0 Å². The van der Waals surface area contributed by atoms with Crippen LogP contribution in [0.4, 0.5) is 0 Å². The van der Waals surface area contributed by atoms with E-state index in [0.717, 1.165) is 0 Å². The fourth-order valence-electron chi connectivity index (χ4n) is 2.35. The Labute approximate surface area is 110 Å². The van der Waals surface area contributed by atoms with Crippen LogP contribution in [0.1, 0.15) is 51.2 Å². The van der Waals surface area contributed by atoms with Gasteiger partial charge in [-0.3, -0.25) is 4.79 Å². The van der Waals surface area contributed by atoms with Crippen molar-refractivity contribution in [2.24, 2.45) is 5.92 Å². The highest BCUT2D eigenvalue weighted by atomic mass is 16.5. The van der Waals surface area contributed by atoms with Crippen molar-refractivity contribution in [3.8, 4) is 0 Å². The van der Waals surface area contributed by atoms with Gasteiger partial charge in [-0.1, -0.05) is 50.6 Å². The third-order valence-electron chi connectivity index (χ3n) is 3.29. The van der Waals surface area contributed by atoms with E-state index < -0.39 is 0 Å². The fourth-order valence-corrected chi connectivity index (χ4v) is 2.35. The van der Waals surface area contributed by atoms with Gasteiger partial charge < -0.3 is 4.74 Å². The molecular weight excluding hydrogens is 224 g/mol. The van der Waals surface area contributed by atoms with Crippen molar-refractivity contribution in [2.45, 2.75) is 53.1 Å². The lowest BCUT2D eigenvalue weighted by atomic mass is 9.84. The molecule has 0 N–H and O–H groups in total. The van der Waals surface area contributed by atoms with Crippen molar-refractivity contribution in [1.29, 1.82) is 0 Å². The fraction of sp³-hybridized carbons (Fsp3) is 0.562. The van der Waals surface area contributed by atoms with E-state index in [-0.39, 0.29) is 18.0 Å². The molecule has 0 amide bonds. The molecule has 2 nitrogen and oxygen atoms in total. The molecule has 2 unspecified atom stereocenters. The highest BCUT2D eigenvalue weighted by molar-refractivity contribution is 5.69. The largest absolute Gasteiger partial charge is 0.462 e. The number of rotatable bonds is 5. The number of esters is 1. The van der Waals surface area contributed by atoms with E-state index in [0.29, 0.717) is 12.3 Å². The number of carbonyl (C=O) groups excluding carboxylic acids is 1. The van der Waals surface area contributed by atoms with Gasteiger partial charge in [-0.15, -0.1) is 0 Å². The van der Waals surface area contributed by atoms with E-state index >= 15 is 0 Å². The van der Waals surface area contributed by atoms with Crippen LogP contribution in [-0.2, 0) is 9.53 Å². The Morgan fingerprint density at radius 3 is 2.17 bits per heavy atom. The minimum atomic E-state index is -0.125. The molecule has 0 saturated carbocycles. The van der Waals surface area contributed by atoms with Crippen LogP contribution in [0.3, 0.4) is 0 Å². The summed E-state index contributed by atoms with van der Waals surface area (Å²) < 4.78 is 5.47. The molecule has 0 aliphatic carbocycles. The predicted octanol–water partition coefficient (Wildman–Crippen LogP) is 4.08. The predicted molar refractivity (Wildman–Crippen MR) is 74.6 cm³/mol. The van der Waals surface area contributed by atoms with Crippen molar-refractivity contribution in [3.63, 3.8) is 0 Å². The monoisotopic (exact) mass is 248 g/mol. The maximum absolute atomic E-state index is 11.4. The molecule has 1 aromatic carbocycles. The van der Waals surface area contributed by atoms with Crippen molar-refractivity contribution in [1.82, 2.24) is 0 Å². The second-order valence-corrected chi connectivity index (χ2v) is 5.23. The van der Waals surface area contributed by atoms with Gasteiger partial charge in [0.15, 0.2) is 0 Å². The second-order valence-electron chi connectivity index (χ2n) is 5.23. The Bertz CT molecular complexity index is 379. The van der Waals surface area contributed by atoms with Crippen LogP contribution in [0.2, 0.25) is 0 Å². The summed E-state index contributed by atoms with van der Waals surface area (Å²) in [6.45, 7) is 10.2. The Morgan fingerprint density at radius 2 is 1.72 bits per heavy atom. The first-order chi connectivity index (χ1) is 8.45. The zero-order valence-corrected chi connectivity index (χ0v) is 12.1. The van der Waals surface area contributed by atoms with Gasteiger partial charge in [0.25, 0.3) is 0 Å². The Balaban J connectivity index is 2.88. The summed E-state index contributed by atoms with van der Waals surface area (Å²) in [6.07, 6.45) is 0.350. The molecular formula is C16H24O2. The van der Waals surface area contributed by atoms with Gasteiger partial charge in [0.2, 0.25) is 0 Å². The summed E-state index contributed by atoms with van der Waals surface area (Å²) in [7, 11) is 0. The van der Waals surface area contributed by atoms with Crippen molar-refractivity contribution < 1.29 is 9.53 Å². The smallest absolute Gasteiger partial charge is 0.305 e. The zero-order valence-electron chi connectivity index (χ0n) is 12.1. The third kappa shape index (κ3) is 3.86. The molecule has 2 atom stereocenters. The lowest BCUT2D eigenvalue weighted by molar-refractivity contribution is -0.149. The summed E-state index contributed by atoms with van der Waals surface area (Å²) in [5.41, 5.74) is 2.49. The molecule has 0 spiro atoms. The van der Waals surface area contributed by atoms with Crippen molar-refractivity contribution >= 4 is 5.97 Å². The molecule has 1 rings (SSSR count). The molecule has 0 aliphatic heterocycles. The van der Waals surface area contributed by atoms with E-state index in [1.807, 2.05) is 13.8 Å². The minimum Gasteiger partial charge on any atom is -0.462 e. The van der Waals surface area contributed by atoms with E-state index in [1.54, 1.807) is 0 Å². The maximum Gasteiger partial charge on any atom is 0.305 e. The van der Waals surface area contributed by atoms with Crippen LogP contribution in [0.5, 0.6) is 0 Å². The Morgan fingerprint density at radius 1 is 1.17 bits per heavy atom. The van der Waals surface area contributed by atoms with Gasteiger partial charge in [0.05, 0.1) is 0 Å². The standard InChI is InChI=1S/C16H24O2/c1-6-15(17)18-13(5)16(11(2)3)14-9-7-12(4)8-10-14/h7-11,13,16H,6H2,1-5H3. The number of carbonyl (C=O) groups is 1. The number of benzene rings is 1. The van der Waals surface area contributed by atoms with Gasteiger partial charge >= 0.3 is 5.97 Å². The Kier molecular flexibility index (Phi) is 5.39. The lowest BCUT2D eigenvalue weighted by Gasteiger charge is -2.27. The van der Waals surface area contributed by atoms with E-state index in [4.69, 9.17) is 4.74 Å². The number of hydrogen-bond acceptors (Lipinski definition) is 2. The normalized spacial score (nSPS) is 14.3. The van der Waals surface area contributed by atoms with Gasteiger partial charge in [-0.25, -0.2) is 0 Å². The SMILES string of the molecule is CCC(=O)OC(C)C(c1ccc(C)cc1)C(C)C. The van der Waals surface area contributed by atoms with Crippen LogP contribution < -0.4 is 0 Å². The highest BCUT2D eigenvalue weighted by Gasteiger charge is 2.25. The molecule has 0 heterocycles. The molecule has 0 bridgehead atoms. The van der Waals surface area contributed by atoms with Crippen LogP contribution in [0, 0.1) is 12.8 Å². The maximum atomic E-state index is 11.4. The molecule has 0 fully saturated rings. The summed E-state index contributed by atoms with van der Waals surface area (Å²) in [4.78, 5) is 11.4. The second kappa shape index (κ2) is 6.58. The van der Waals surface area contributed by atoms with Crippen LogP contribution >= 0.6 is 0 Å². The average Bonchev–Trinajstić information content (AvgIpc) is 2.31. The number of ether oxygens (including phenoxy) is 1. The average molecular weight is 248 g/mol. The first-order valence-electron chi connectivity index (χ1n) is 6.71.